The lowest BCUT2D eigenvalue weighted by atomic mass is 10.0. The Kier molecular flexibility index (Phi) is 5.48. The molecule has 0 unspecified atom stereocenters. The summed E-state index contributed by atoms with van der Waals surface area (Å²) in [7, 11) is 0. The van der Waals surface area contributed by atoms with E-state index in [2.05, 4.69) is 29.5 Å². The molecule has 0 aliphatic heterocycles. The first kappa shape index (κ1) is 16.2. The second kappa shape index (κ2) is 7.76. The smallest absolute Gasteiger partial charge is 0.267 e. The Morgan fingerprint density at radius 3 is 2.61 bits per heavy atom. The lowest BCUT2D eigenvalue weighted by molar-refractivity contribution is -0.112. The highest BCUT2D eigenvalue weighted by Gasteiger charge is 2.12. The molecular weight excluding hydrogens is 288 g/mol. The van der Waals surface area contributed by atoms with Crippen molar-refractivity contribution in [2.75, 3.05) is 10.6 Å². The van der Waals surface area contributed by atoms with Crippen molar-refractivity contribution in [3.63, 3.8) is 0 Å². The number of benzene rings is 1. The van der Waals surface area contributed by atoms with Gasteiger partial charge in [0.05, 0.1) is 0 Å². The number of anilines is 2. The number of amides is 1. The zero-order valence-electron chi connectivity index (χ0n) is 13.1. The molecule has 116 valence electrons. The lowest BCUT2D eigenvalue weighted by Crippen LogP contribution is -2.16. The Bertz CT molecular complexity index is 745. The fourth-order valence-electron chi connectivity index (χ4n) is 2.05. The predicted molar refractivity (Wildman–Crippen MR) is 90.7 cm³/mol. The fraction of sp³-hybridized carbons (Fsp3) is 0.167. The average Bonchev–Trinajstić information content (AvgIpc) is 2.56. The van der Waals surface area contributed by atoms with Crippen LogP contribution < -0.4 is 10.6 Å². The van der Waals surface area contributed by atoms with Gasteiger partial charge in [-0.05, 0) is 29.7 Å². The largest absolute Gasteiger partial charge is 0.345 e. The van der Waals surface area contributed by atoms with Crippen molar-refractivity contribution in [2.24, 2.45) is 0 Å². The van der Waals surface area contributed by atoms with E-state index in [1.54, 1.807) is 18.3 Å². The third kappa shape index (κ3) is 4.42. The van der Waals surface area contributed by atoms with Crippen molar-refractivity contribution in [3.8, 4) is 6.07 Å². The Balaban J connectivity index is 2.14. The van der Waals surface area contributed by atoms with Crippen molar-refractivity contribution in [1.82, 2.24) is 4.98 Å². The van der Waals surface area contributed by atoms with Crippen LogP contribution in [0.2, 0.25) is 0 Å². The highest BCUT2D eigenvalue weighted by atomic mass is 16.1. The Hall–Kier alpha value is -3.13. The average molecular weight is 306 g/mol. The molecule has 0 saturated heterocycles. The third-order valence-corrected chi connectivity index (χ3v) is 3.23. The number of nitrogens with zero attached hydrogens (tertiary/aromatic N) is 2. The predicted octanol–water partition coefficient (Wildman–Crippen LogP) is 3.66. The molecule has 0 fully saturated rings. The number of pyridine rings is 1. The van der Waals surface area contributed by atoms with Gasteiger partial charge in [-0.2, -0.15) is 5.26 Å². The molecule has 5 nitrogen and oxygen atoms in total. The van der Waals surface area contributed by atoms with Crippen LogP contribution in [-0.2, 0) is 4.79 Å². The molecule has 0 saturated carbocycles. The number of para-hydroxylation sites is 1. The SMILES string of the molecule is CC(C)c1ccccc1NC(=O)/C(C#N)=C\Nc1ccccn1. The van der Waals surface area contributed by atoms with Gasteiger partial charge in [0.25, 0.3) is 5.91 Å². The summed E-state index contributed by atoms with van der Waals surface area (Å²) in [5.74, 6) is 0.382. The normalized spacial score (nSPS) is 11.0. The van der Waals surface area contributed by atoms with E-state index in [9.17, 15) is 10.1 Å². The second-order valence-electron chi connectivity index (χ2n) is 5.23. The Labute approximate surface area is 135 Å². The lowest BCUT2D eigenvalue weighted by Gasteiger charge is -2.13. The summed E-state index contributed by atoms with van der Waals surface area (Å²) in [5, 5.41) is 14.8. The second-order valence-corrected chi connectivity index (χ2v) is 5.23. The van der Waals surface area contributed by atoms with Gasteiger partial charge in [-0.3, -0.25) is 4.79 Å². The molecule has 0 radical (unpaired) electrons. The summed E-state index contributed by atoms with van der Waals surface area (Å²) in [6.45, 7) is 4.10. The molecule has 5 heteroatoms. The van der Waals surface area contributed by atoms with Gasteiger partial charge in [0.2, 0.25) is 0 Å². The first-order valence-corrected chi connectivity index (χ1v) is 7.30. The van der Waals surface area contributed by atoms with Gasteiger partial charge < -0.3 is 10.6 Å². The van der Waals surface area contributed by atoms with Crippen LogP contribution >= 0.6 is 0 Å². The van der Waals surface area contributed by atoms with E-state index < -0.39 is 5.91 Å². The molecule has 1 aromatic carbocycles. The van der Waals surface area contributed by atoms with Gasteiger partial charge in [-0.1, -0.05) is 38.1 Å². The number of nitriles is 1. The molecule has 0 aliphatic rings. The van der Waals surface area contributed by atoms with Crippen LogP contribution in [0.15, 0.2) is 60.4 Å². The number of nitrogens with one attached hydrogen (secondary N) is 2. The van der Waals surface area contributed by atoms with Crippen molar-refractivity contribution >= 4 is 17.4 Å². The maximum absolute atomic E-state index is 12.3. The molecular formula is C18H18N4O. The standard InChI is InChI=1S/C18H18N4O/c1-13(2)15-7-3-4-8-16(15)22-18(23)14(11-19)12-21-17-9-5-6-10-20-17/h3-10,12-13H,1-2H3,(H,20,21)(H,22,23)/b14-12-. The van der Waals surface area contributed by atoms with Crippen LogP contribution in [0.4, 0.5) is 11.5 Å². The molecule has 0 spiro atoms. The molecule has 2 rings (SSSR count). The minimum Gasteiger partial charge on any atom is -0.345 e. The molecule has 2 N–H and O–H groups in total. The zero-order valence-corrected chi connectivity index (χ0v) is 13.1. The van der Waals surface area contributed by atoms with E-state index in [0.29, 0.717) is 11.5 Å². The Morgan fingerprint density at radius 2 is 1.96 bits per heavy atom. The third-order valence-electron chi connectivity index (χ3n) is 3.23. The number of aromatic nitrogens is 1. The summed E-state index contributed by atoms with van der Waals surface area (Å²) < 4.78 is 0. The van der Waals surface area contributed by atoms with Gasteiger partial charge in [-0.15, -0.1) is 0 Å². The fourth-order valence-corrected chi connectivity index (χ4v) is 2.05. The number of hydrogen-bond acceptors (Lipinski definition) is 4. The maximum atomic E-state index is 12.3. The minimum absolute atomic E-state index is 0.0192. The van der Waals surface area contributed by atoms with Gasteiger partial charge in [0.1, 0.15) is 17.5 Å². The molecule has 1 amide bonds. The number of hydrogen-bond donors (Lipinski definition) is 2. The van der Waals surface area contributed by atoms with Crippen molar-refractivity contribution in [2.45, 2.75) is 19.8 Å². The summed E-state index contributed by atoms with van der Waals surface area (Å²) in [5.41, 5.74) is 1.72. The Morgan fingerprint density at radius 1 is 1.22 bits per heavy atom. The van der Waals surface area contributed by atoms with Gasteiger partial charge in [0, 0.05) is 18.1 Å². The van der Waals surface area contributed by atoms with Crippen molar-refractivity contribution in [3.05, 3.63) is 66.0 Å². The number of carbonyl (C=O) groups excluding carboxylic acids is 1. The van der Waals surface area contributed by atoms with Crippen LogP contribution in [0.5, 0.6) is 0 Å². The first-order chi connectivity index (χ1) is 11.1. The first-order valence-electron chi connectivity index (χ1n) is 7.30. The number of rotatable bonds is 5. The molecule has 2 aromatic rings. The molecule has 0 bridgehead atoms. The molecule has 1 aromatic heterocycles. The van der Waals surface area contributed by atoms with Gasteiger partial charge in [-0.25, -0.2) is 4.98 Å². The monoisotopic (exact) mass is 306 g/mol. The number of carbonyl (C=O) groups is 1. The summed E-state index contributed by atoms with van der Waals surface area (Å²) in [4.78, 5) is 16.3. The van der Waals surface area contributed by atoms with E-state index in [-0.39, 0.29) is 11.5 Å². The summed E-state index contributed by atoms with van der Waals surface area (Å²) in [6.07, 6.45) is 2.98. The van der Waals surface area contributed by atoms with Crippen LogP contribution in [0.3, 0.4) is 0 Å². The minimum atomic E-state index is -0.455. The maximum Gasteiger partial charge on any atom is 0.267 e. The van der Waals surface area contributed by atoms with Crippen molar-refractivity contribution < 1.29 is 4.79 Å². The molecule has 0 aliphatic carbocycles. The highest BCUT2D eigenvalue weighted by Crippen LogP contribution is 2.24. The zero-order chi connectivity index (χ0) is 16.7. The van der Waals surface area contributed by atoms with Gasteiger partial charge >= 0.3 is 0 Å². The summed E-state index contributed by atoms with van der Waals surface area (Å²) >= 11 is 0. The molecule has 1 heterocycles. The van der Waals surface area contributed by atoms with E-state index >= 15 is 0 Å². The molecule has 23 heavy (non-hydrogen) atoms. The van der Waals surface area contributed by atoms with Crippen LogP contribution in [-0.4, -0.2) is 10.9 Å². The van der Waals surface area contributed by atoms with E-state index in [1.165, 1.54) is 6.20 Å². The molecule has 0 atom stereocenters. The van der Waals surface area contributed by atoms with Crippen LogP contribution in [0.1, 0.15) is 25.3 Å². The van der Waals surface area contributed by atoms with Crippen LogP contribution in [0.25, 0.3) is 0 Å². The highest BCUT2D eigenvalue weighted by molar-refractivity contribution is 6.07. The van der Waals surface area contributed by atoms with Gasteiger partial charge in [0.15, 0.2) is 0 Å². The topological polar surface area (TPSA) is 77.8 Å². The van der Waals surface area contributed by atoms with Crippen molar-refractivity contribution in [1.29, 1.82) is 5.26 Å². The van der Waals surface area contributed by atoms with Crippen LogP contribution in [0, 0.1) is 11.3 Å². The quantitative estimate of drug-likeness (QED) is 0.652. The van der Waals surface area contributed by atoms with E-state index in [0.717, 1.165) is 5.56 Å². The summed E-state index contributed by atoms with van der Waals surface area (Å²) in [6, 6.07) is 14.8. The van der Waals surface area contributed by atoms with E-state index in [1.807, 2.05) is 36.4 Å². The van der Waals surface area contributed by atoms with E-state index in [4.69, 9.17) is 0 Å².